The van der Waals surface area contributed by atoms with Crippen molar-refractivity contribution in [2.75, 3.05) is 7.11 Å². The molecule has 0 saturated heterocycles. The smallest absolute Gasteiger partial charge is 0.243 e. The van der Waals surface area contributed by atoms with Crippen LogP contribution in [0.25, 0.3) is 0 Å². The van der Waals surface area contributed by atoms with Gasteiger partial charge in [-0.15, -0.1) is 0 Å². The molecule has 0 aromatic heterocycles. The number of halogens is 1. The second kappa shape index (κ2) is 12.3. The van der Waals surface area contributed by atoms with Crippen LogP contribution in [0, 0.1) is 5.82 Å². The summed E-state index contributed by atoms with van der Waals surface area (Å²) in [6.07, 6.45) is 4.50. The maximum Gasteiger partial charge on any atom is 0.243 e. The van der Waals surface area contributed by atoms with Gasteiger partial charge in [0.1, 0.15) is 17.6 Å². The topological polar surface area (TPSA) is 58.6 Å². The highest BCUT2D eigenvalue weighted by Crippen LogP contribution is 2.21. The van der Waals surface area contributed by atoms with E-state index in [2.05, 4.69) is 5.32 Å². The van der Waals surface area contributed by atoms with Crippen LogP contribution in [0.15, 0.2) is 78.9 Å². The number of ether oxygens (including phenoxy) is 1. The highest BCUT2D eigenvalue weighted by molar-refractivity contribution is 5.89. The lowest BCUT2D eigenvalue weighted by Gasteiger charge is -2.32. The number of nitrogens with one attached hydrogen (secondary N) is 1. The molecule has 0 radical (unpaired) electrons. The number of rotatable bonds is 10. The van der Waals surface area contributed by atoms with E-state index in [0.717, 1.165) is 36.8 Å². The highest BCUT2D eigenvalue weighted by atomic mass is 19.1. The van der Waals surface area contributed by atoms with Gasteiger partial charge in [-0.1, -0.05) is 73.5 Å². The SMILES string of the molecule is COc1ccc(CC(=O)N(Cc2ccccc2F)[C@@H](Cc2ccccc2)C(=O)NC2CCCC2)cc1. The zero-order valence-electron chi connectivity index (χ0n) is 20.7. The number of nitrogens with zero attached hydrogens (tertiary/aromatic N) is 1. The molecule has 36 heavy (non-hydrogen) atoms. The minimum atomic E-state index is -0.765. The zero-order chi connectivity index (χ0) is 25.3. The Morgan fingerprint density at radius 2 is 1.61 bits per heavy atom. The van der Waals surface area contributed by atoms with Crippen LogP contribution in [0.3, 0.4) is 0 Å². The van der Waals surface area contributed by atoms with Crippen molar-refractivity contribution in [3.05, 3.63) is 101 Å². The summed E-state index contributed by atoms with van der Waals surface area (Å²) in [5.41, 5.74) is 2.13. The van der Waals surface area contributed by atoms with E-state index in [9.17, 15) is 14.0 Å². The van der Waals surface area contributed by atoms with Crippen LogP contribution in [0.2, 0.25) is 0 Å². The number of benzene rings is 3. The Kier molecular flexibility index (Phi) is 8.71. The fraction of sp³-hybridized carbons (Fsp3) is 0.333. The fourth-order valence-corrected chi connectivity index (χ4v) is 4.75. The Labute approximate surface area is 212 Å². The number of amides is 2. The predicted octanol–water partition coefficient (Wildman–Crippen LogP) is 5.08. The van der Waals surface area contributed by atoms with Crippen molar-refractivity contribution >= 4 is 11.8 Å². The second-order valence-corrected chi connectivity index (χ2v) is 9.33. The van der Waals surface area contributed by atoms with E-state index in [1.807, 2.05) is 42.5 Å². The standard InChI is InChI=1S/C30H33FN2O3/c1-36-26-17-15-23(16-18-26)20-29(34)33(21-24-11-5-8-14-27(24)31)28(19-22-9-3-2-4-10-22)30(35)32-25-12-6-7-13-25/h2-5,8-11,14-18,25,28H,6-7,12-13,19-21H2,1H3,(H,32,35)/t28-/m0/s1. The summed E-state index contributed by atoms with van der Waals surface area (Å²) >= 11 is 0. The third-order valence-electron chi connectivity index (χ3n) is 6.79. The van der Waals surface area contributed by atoms with Gasteiger partial charge in [-0.05, 0) is 42.2 Å². The number of methoxy groups -OCH3 is 1. The van der Waals surface area contributed by atoms with Gasteiger partial charge in [-0.3, -0.25) is 9.59 Å². The average molecular weight is 489 g/mol. The molecule has 1 aliphatic rings. The molecule has 4 rings (SSSR count). The van der Waals surface area contributed by atoms with Crippen LogP contribution in [-0.2, 0) is 29.0 Å². The molecule has 3 aromatic rings. The first-order valence-corrected chi connectivity index (χ1v) is 12.5. The van der Waals surface area contributed by atoms with Crippen molar-refractivity contribution in [2.24, 2.45) is 0 Å². The number of hydrogen-bond donors (Lipinski definition) is 1. The molecule has 188 valence electrons. The van der Waals surface area contributed by atoms with E-state index in [1.165, 1.54) is 6.07 Å². The molecule has 1 fully saturated rings. The minimum Gasteiger partial charge on any atom is -0.497 e. The molecule has 1 N–H and O–H groups in total. The Balaban J connectivity index is 1.65. The van der Waals surface area contributed by atoms with Gasteiger partial charge in [0.2, 0.25) is 11.8 Å². The van der Waals surface area contributed by atoms with Crippen LogP contribution >= 0.6 is 0 Å². The molecule has 0 spiro atoms. The molecule has 1 atom stereocenters. The highest BCUT2D eigenvalue weighted by Gasteiger charge is 2.32. The summed E-state index contributed by atoms with van der Waals surface area (Å²) in [6, 6.07) is 22.7. The molecule has 6 heteroatoms. The first-order chi connectivity index (χ1) is 17.5. The Morgan fingerprint density at radius 1 is 0.944 bits per heavy atom. The normalized spacial score (nSPS) is 14.3. The zero-order valence-corrected chi connectivity index (χ0v) is 20.7. The van der Waals surface area contributed by atoms with Gasteiger partial charge in [-0.25, -0.2) is 4.39 Å². The van der Waals surface area contributed by atoms with E-state index in [1.54, 1.807) is 42.3 Å². The lowest BCUT2D eigenvalue weighted by atomic mass is 10.0. The van der Waals surface area contributed by atoms with Crippen molar-refractivity contribution in [2.45, 2.75) is 57.2 Å². The van der Waals surface area contributed by atoms with Crippen molar-refractivity contribution in [1.82, 2.24) is 10.2 Å². The quantitative estimate of drug-likeness (QED) is 0.433. The van der Waals surface area contributed by atoms with Gasteiger partial charge >= 0.3 is 0 Å². The molecule has 0 unspecified atom stereocenters. The lowest BCUT2D eigenvalue weighted by molar-refractivity contribution is -0.141. The fourth-order valence-electron chi connectivity index (χ4n) is 4.75. The van der Waals surface area contributed by atoms with Gasteiger partial charge in [-0.2, -0.15) is 0 Å². The summed E-state index contributed by atoms with van der Waals surface area (Å²) in [4.78, 5) is 28.9. The number of hydrogen-bond acceptors (Lipinski definition) is 3. The largest absolute Gasteiger partial charge is 0.497 e. The Bertz CT molecular complexity index is 1140. The third-order valence-corrected chi connectivity index (χ3v) is 6.79. The van der Waals surface area contributed by atoms with Gasteiger partial charge < -0.3 is 15.0 Å². The summed E-state index contributed by atoms with van der Waals surface area (Å²) in [7, 11) is 1.59. The predicted molar refractivity (Wildman–Crippen MR) is 138 cm³/mol. The molecule has 0 aliphatic heterocycles. The molecule has 0 heterocycles. The van der Waals surface area contributed by atoms with Crippen LogP contribution in [0.5, 0.6) is 5.75 Å². The lowest BCUT2D eigenvalue weighted by Crippen LogP contribution is -2.52. The minimum absolute atomic E-state index is 0.0112. The van der Waals surface area contributed by atoms with Gasteiger partial charge in [0.25, 0.3) is 0 Å². The van der Waals surface area contributed by atoms with Gasteiger partial charge in [0, 0.05) is 24.6 Å². The number of carbonyl (C=O) groups is 2. The second-order valence-electron chi connectivity index (χ2n) is 9.33. The van der Waals surface area contributed by atoms with Crippen molar-refractivity contribution in [3.8, 4) is 5.75 Å². The molecular weight excluding hydrogens is 455 g/mol. The first-order valence-electron chi connectivity index (χ1n) is 12.5. The van der Waals surface area contributed by atoms with E-state index in [-0.39, 0.29) is 30.8 Å². The average Bonchev–Trinajstić information content (AvgIpc) is 3.41. The van der Waals surface area contributed by atoms with Crippen LogP contribution in [0.4, 0.5) is 4.39 Å². The number of carbonyl (C=O) groups excluding carboxylic acids is 2. The molecular formula is C30H33FN2O3. The van der Waals surface area contributed by atoms with E-state index in [0.29, 0.717) is 17.7 Å². The van der Waals surface area contributed by atoms with Crippen LogP contribution < -0.4 is 10.1 Å². The Morgan fingerprint density at radius 3 is 2.28 bits per heavy atom. The molecule has 5 nitrogen and oxygen atoms in total. The molecule has 0 bridgehead atoms. The van der Waals surface area contributed by atoms with Crippen molar-refractivity contribution < 1.29 is 18.7 Å². The van der Waals surface area contributed by atoms with Crippen LogP contribution in [-0.4, -0.2) is 35.9 Å². The Hall–Kier alpha value is -3.67. The summed E-state index contributed by atoms with van der Waals surface area (Å²) in [5.74, 6) is -0.113. The van der Waals surface area contributed by atoms with Gasteiger partial charge in [0.05, 0.1) is 13.5 Å². The summed E-state index contributed by atoms with van der Waals surface area (Å²) in [5, 5.41) is 3.17. The van der Waals surface area contributed by atoms with E-state index < -0.39 is 11.9 Å². The van der Waals surface area contributed by atoms with Crippen molar-refractivity contribution in [1.29, 1.82) is 0 Å². The summed E-state index contributed by atoms with van der Waals surface area (Å²) in [6.45, 7) is 0.0112. The molecule has 1 aliphatic carbocycles. The molecule has 1 saturated carbocycles. The van der Waals surface area contributed by atoms with E-state index in [4.69, 9.17) is 4.74 Å². The maximum atomic E-state index is 14.7. The van der Waals surface area contributed by atoms with Crippen LogP contribution in [0.1, 0.15) is 42.4 Å². The monoisotopic (exact) mass is 488 g/mol. The maximum absolute atomic E-state index is 14.7. The third kappa shape index (κ3) is 6.72. The molecule has 2 amide bonds. The molecule has 3 aromatic carbocycles. The van der Waals surface area contributed by atoms with E-state index >= 15 is 0 Å². The van der Waals surface area contributed by atoms with Crippen molar-refractivity contribution in [3.63, 3.8) is 0 Å². The summed E-state index contributed by atoms with van der Waals surface area (Å²) < 4.78 is 19.9. The van der Waals surface area contributed by atoms with Gasteiger partial charge in [0.15, 0.2) is 0 Å². The first kappa shape index (κ1) is 25.4.